The second-order valence-electron chi connectivity index (χ2n) is 3.60. The maximum atomic E-state index is 10.5. The van der Waals surface area contributed by atoms with Crippen molar-refractivity contribution in [3.8, 4) is 5.75 Å². The molecule has 6 heteroatoms. The Balaban J connectivity index is 2.71. The molecule has 0 aromatic heterocycles. The lowest BCUT2D eigenvalue weighted by atomic mass is 10.0. The van der Waals surface area contributed by atoms with Crippen LogP contribution in [-0.2, 0) is 9.59 Å². The second-order valence-corrected chi connectivity index (χ2v) is 3.60. The quantitative estimate of drug-likeness (QED) is 0.593. The maximum Gasteiger partial charge on any atom is 0.255 e. The zero-order valence-corrected chi connectivity index (χ0v) is 9.22. The van der Waals surface area contributed by atoms with E-state index in [-0.39, 0.29) is 13.0 Å². The van der Waals surface area contributed by atoms with Gasteiger partial charge in [0.15, 0.2) is 6.61 Å². The molecule has 1 amide bonds. The third-order valence-electron chi connectivity index (χ3n) is 2.12. The average Bonchev–Trinajstić information content (AvgIpc) is 2.26. The van der Waals surface area contributed by atoms with Gasteiger partial charge in [-0.3, -0.25) is 4.79 Å². The molecule has 92 valence electrons. The Morgan fingerprint density at radius 1 is 1.47 bits per heavy atom. The third kappa shape index (κ3) is 4.52. The second kappa shape index (κ2) is 5.86. The van der Waals surface area contributed by atoms with Crippen LogP contribution in [0.25, 0.3) is 0 Å². The molecule has 0 radical (unpaired) electrons. The van der Waals surface area contributed by atoms with Gasteiger partial charge in [0, 0.05) is 18.0 Å². The van der Waals surface area contributed by atoms with E-state index in [1.807, 2.05) is 0 Å². The highest BCUT2D eigenvalue weighted by Gasteiger charge is 2.10. The molecule has 1 aromatic carbocycles. The van der Waals surface area contributed by atoms with Crippen LogP contribution in [0.2, 0.25) is 0 Å². The van der Waals surface area contributed by atoms with Crippen LogP contribution in [-0.4, -0.2) is 18.5 Å². The summed E-state index contributed by atoms with van der Waals surface area (Å²) in [5.74, 6) is -1.28. The Kier molecular flexibility index (Phi) is 4.47. The standard InChI is InChI=1S/C11H14N2O4/c12-9(5-11(15)16)7-2-1-3-8(4-7)17-6-10(13)14/h1-4,9H,5-6,12H2,(H2,13,14)(H,15,16)/t9-/m1/s1. The first-order chi connectivity index (χ1) is 7.99. The number of carbonyl (C=O) groups excluding carboxylic acids is 2. The minimum absolute atomic E-state index is 0.167. The fourth-order valence-electron chi connectivity index (χ4n) is 1.33. The molecule has 0 heterocycles. The van der Waals surface area contributed by atoms with Crippen molar-refractivity contribution in [1.29, 1.82) is 0 Å². The summed E-state index contributed by atoms with van der Waals surface area (Å²) in [6.45, 7) is -0.217. The van der Waals surface area contributed by atoms with Crippen molar-refractivity contribution in [3.05, 3.63) is 29.8 Å². The molecule has 0 aliphatic heterocycles. The van der Waals surface area contributed by atoms with E-state index in [9.17, 15) is 14.7 Å². The largest absolute Gasteiger partial charge is 0.550 e. The van der Waals surface area contributed by atoms with E-state index in [4.69, 9.17) is 10.5 Å². The predicted molar refractivity (Wildman–Crippen MR) is 56.4 cm³/mol. The minimum Gasteiger partial charge on any atom is -0.550 e. The van der Waals surface area contributed by atoms with Crippen molar-refractivity contribution in [3.63, 3.8) is 0 Å². The average molecular weight is 238 g/mol. The molecule has 5 N–H and O–H groups in total. The topological polar surface area (TPSA) is 120 Å². The number of carbonyl (C=O) groups is 2. The predicted octanol–water partition coefficient (Wildman–Crippen LogP) is -2.03. The molecule has 6 nitrogen and oxygen atoms in total. The lowest BCUT2D eigenvalue weighted by Crippen LogP contribution is -2.55. The van der Waals surface area contributed by atoms with Crippen LogP contribution in [0.1, 0.15) is 18.0 Å². The van der Waals surface area contributed by atoms with Crippen molar-refractivity contribution in [1.82, 2.24) is 0 Å². The van der Waals surface area contributed by atoms with Gasteiger partial charge in [-0.05, 0) is 12.1 Å². The number of quaternary nitrogens is 1. The monoisotopic (exact) mass is 238 g/mol. The highest BCUT2D eigenvalue weighted by atomic mass is 16.5. The smallest absolute Gasteiger partial charge is 0.255 e. The first-order valence-corrected chi connectivity index (χ1v) is 5.03. The van der Waals surface area contributed by atoms with Crippen LogP contribution in [0.15, 0.2) is 24.3 Å². The first-order valence-electron chi connectivity index (χ1n) is 5.03. The van der Waals surface area contributed by atoms with Gasteiger partial charge in [-0.15, -0.1) is 0 Å². The van der Waals surface area contributed by atoms with Gasteiger partial charge in [-0.1, -0.05) is 12.1 Å². The van der Waals surface area contributed by atoms with Gasteiger partial charge in [0.05, 0.1) is 0 Å². The third-order valence-corrected chi connectivity index (χ3v) is 2.12. The molecule has 17 heavy (non-hydrogen) atoms. The van der Waals surface area contributed by atoms with E-state index in [1.54, 1.807) is 24.3 Å². The molecule has 0 saturated heterocycles. The number of ether oxygens (including phenoxy) is 1. The van der Waals surface area contributed by atoms with Gasteiger partial charge >= 0.3 is 0 Å². The number of carboxylic acids is 1. The minimum atomic E-state index is -1.16. The van der Waals surface area contributed by atoms with E-state index >= 15 is 0 Å². The highest BCUT2D eigenvalue weighted by molar-refractivity contribution is 5.75. The maximum absolute atomic E-state index is 10.5. The zero-order valence-electron chi connectivity index (χ0n) is 9.22. The molecule has 0 bridgehead atoms. The lowest BCUT2D eigenvalue weighted by molar-refractivity contribution is -0.430. The summed E-state index contributed by atoms with van der Waals surface area (Å²) < 4.78 is 5.10. The highest BCUT2D eigenvalue weighted by Crippen LogP contribution is 2.18. The van der Waals surface area contributed by atoms with E-state index in [1.165, 1.54) is 0 Å². The van der Waals surface area contributed by atoms with E-state index in [0.29, 0.717) is 11.3 Å². The van der Waals surface area contributed by atoms with E-state index < -0.39 is 17.9 Å². The summed E-state index contributed by atoms with van der Waals surface area (Å²) in [6.07, 6.45) is -0.167. The Hall–Kier alpha value is -2.08. The normalized spacial score (nSPS) is 11.8. The molecule has 0 aliphatic rings. The summed E-state index contributed by atoms with van der Waals surface area (Å²) in [5.41, 5.74) is 9.36. The van der Waals surface area contributed by atoms with Gasteiger partial charge in [0.1, 0.15) is 11.8 Å². The number of rotatable bonds is 6. The number of benzene rings is 1. The number of primary amides is 1. The molecule has 1 rings (SSSR count). The first kappa shape index (κ1) is 13.0. The van der Waals surface area contributed by atoms with Gasteiger partial charge < -0.3 is 26.1 Å². The number of carboxylic acid groups (broad SMARTS) is 1. The molecule has 0 fully saturated rings. The van der Waals surface area contributed by atoms with Crippen molar-refractivity contribution < 1.29 is 25.2 Å². The molecule has 0 spiro atoms. The van der Waals surface area contributed by atoms with Crippen LogP contribution in [0.3, 0.4) is 0 Å². The number of hydrogen-bond acceptors (Lipinski definition) is 4. The molecule has 1 atom stereocenters. The lowest BCUT2D eigenvalue weighted by Gasteiger charge is -2.11. The molecule has 0 saturated carbocycles. The van der Waals surface area contributed by atoms with Crippen molar-refractivity contribution in [2.75, 3.05) is 6.61 Å². The number of amides is 1. The Morgan fingerprint density at radius 3 is 2.76 bits per heavy atom. The summed E-state index contributed by atoms with van der Waals surface area (Å²) in [7, 11) is 0. The molecule has 1 aromatic rings. The van der Waals surface area contributed by atoms with Crippen LogP contribution in [0.5, 0.6) is 5.75 Å². The zero-order chi connectivity index (χ0) is 12.8. The molecule has 0 unspecified atom stereocenters. The number of hydrogen-bond donors (Lipinski definition) is 2. The summed E-state index contributed by atoms with van der Waals surface area (Å²) in [5, 5.41) is 10.4. The summed E-state index contributed by atoms with van der Waals surface area (Å²) in [4.78, 5) is 21.0. The molecular formula is C11H14N2O4. The fourth-order valence-corrected chi connectivity index (χ4v) is 1.33. The molecular weight excluding hydrogens is 224 g/mol. The van der Waals surface area contributed by atoms with Crippen LogP contribution in [0.4, 0.5) is 0 Å². The van der Waals surface area contributed by atoms with Gasteiger partial charge in [0.2, 0.25) is 0 Å². The Bertz CT molecular complexity index is 420. The van der Waals surface area contributed by atoms with Crippen LogP contribution >= 0.6 is 0 Å². The fraction of sp³-hybridized carbons (Fsp3) is 0.273. The van der Waals surface area contributed by atoms with Crippen LogP contribution < -0.4 is 21.3 Å². The summed E-state index contributed by atoms with van der Waals surface area (Å²) >= 11 is 0. The Morgan fingerprint density at radius 2 is 2.18 bits per heavy atom. The van der Waals surface area contributed by atoms with Crippen molar-refractivity contribution >= 4 is 11.9 Å². The van der Waals surface area contributed by atoms with E-state index in [0.717, 1.165) is 0 Å². The van der Waals surface area contributed by atoms with Crippen molar-refractivity contribution in [2.24, 2.45) is 5.73 Å². The van der Waals surface area contributed by atoms with Crippen LogP contribution in [0, 0.1) is 0 Å². The Labute approximate surface area is 98.2 Å². The SMILES string of the molecule is NC(=O)COc1cccc([C@H]([NH3+])CC(=O)[O-])c1. The summed E-state index contributed by atoms with van der Waals surface area (Å²) in [6, 6.07) is 6.29. The van der Waals surface area contributed by atoms with Gasteiger partial charge in [-0.25, -0.2) is 0 Å². The number of aliphatic carboxylic acids is 1. The van der Waals surface area contributed by atoms with Gasteiger partial charge in [-0.2, -0.15) is 0 Å². The van der Waals surface area contributed by atoms with Crippen molar-refractivity contribution in [2.45, 2.75) is 12.5 Å². The number of nitrogens with two attached hydrogens (primary N) is 1. The van der Waals surface area contributed by atoms with Gasteiger partial charge in [0.25, 0.3) is 5.91 Å². The van der Waals surface area contributed by atoms with E-state index in [2.05, 4.69) is 5.73 Å². The molecule has 0 aliphatic carbocycles.